The molecule has 0 bridgehead atoms. The molecule has 0 aliphatic rings. The van der Waals surface area contributed by atoms with Crippen LogP contribution in [0.3, 0.4) is 0 Å². The number of hydroxylamine groups is 1. The standard InChI is InChI=1S/C8H9N3O2S/c1-13-10-7(12)4-6-5-11-2-3-14-8(11)9-6/h2-3,5H,4H2,1H3,(H,10,12). The number of imidazole rings is 1. The summed E-state index contributed by atoms with van der Waals surface area (Å²) in [5, 5.41) is 1.95. The van der Waals surface area contributed by atoms with Gasteiger partial charge in [-0.25, -0.2) is 10.5 Å². The maximum atomic E-state index is 11.1. The molecule has 0 unspecified atom stereocenters. The van der Waals surface area contributed by atoms with E-state index in [9.17, 15) is 4.79 Å². The maximum absolute atomic E-state index is 11.1. The van der Waals surface area contributed by atoms with Crippen LogP contribution in [0.25, 0.3) is 4.96 Å². The van der Waals surface area contributed by atoms with E-state index in [0.717, 1.165) is 10.7 Å². The SMILES string of the molecule is CONC(=O)Cc1cn2ccsc2n1. The molecule has 0 saturated carbocycles. The lowest BCUT2D eigenvalue weighted by molar-refractivity contribution is -0.130. The van der Waals surface area contributed by atoms with Gasteiger partial charge in [-0.2, -0.15) is 0 Å². The summed E-state index contributed by atoms with van der Waals surface area (Å²) in [5.74, 6) is -0.196. The normalized spacial score (nSPS) is 10.6. The maximum Gasteiger partial charge on any atom is 0.249 e. The smallest absolute Gasteiger partial charge is 0.249 e. The van der Waals surface area contributed by atoms with Gasteiger partial charge < -0.3 is 0 Å². The third-order valence-corrected chi connectivity index (χ3v) is 2.47. The number of hydrogen-bond acceptors (Lipinski definition) is 4. The van der Waals surface area contributed by atoms with Gasteiger partial charge in [-0.15, -0.1) is 11.3 Å². The first-order valence-electron chi connectivity index (χ1n) is 4.02. The Morgan fingerprint density at radius 1 is 1.79 bits per heavy atom. The highest BCUT2D eigenvalue weighted by atomic mass is 32.1. The van der Waals surface area contributed by atoms with Gasteiger partial charge in [-0.05, 0) is 0 Å². The lowest BCUT2D eigenvalue weighted by Gasteiger charge is -1.97. The number of nitrogens with one attached hydrogen (secondary N) is 1. The summed E-state index contributed by atoms with van der Waals surface area (Å²) in [7, 11) is 1.41. The second-order valence-electron chi connectivity index (χ2n) is 2.73. The van der Waals surface area contributed by atoms with Gasteiger partial charge in [0.2, 0.25) is 5.91 Å². The van der Waals surface area contributed by atoms with E-state index in [2.05, 4.69) is 15.3 Å². The summed E-state index contributed by atoms with van der Waals surface area (Å²) in [4.78, 5) is 20.8. The lowest BCUT2D eigenvalue weighted by Crippen LogP contribution is -2.23. The zero-order chi connectivity index (χ0) is 9.97. The minimum absolute atomic E-state index is 0.196. The minimum atomic E-state index is -0.196. The number of hydrogen-bond donors (Lipinski definition) is 1. The van der Waals surface area contributed by atoms with E-state index < -0.39 is 0 Å². The molecule has 2 rings (SSSR count). The van der Waals surface area contributed by atoms with Gasteiger partial charge in [0.15, 0.2) is 4.96 Å². The minimum Gasteiger partial charge on any atom is -0.297 e. The van der Waals surface area contributed by atoms with E-state index >= 15 is 0 Å². The van der Waals surface area contributed by atoms with Crippen LogP contribution < -0.4 is 5.48 Å². The summed E-state index contributed by atoms with van der Waals surface area (Å²) in [6, 6.07) is 0. The fourth-order valence-electron chi connectivity index (χ4n) is 1.18. The molecule has 0 aliphatic carbocycles. The van der Waals surface area contributed by atoms with Crippen molar-refractivity contribution in [3.63, 3.8) is 0 Å². The van der Waals surface area contributed by atoms with Crippen LogP contribution in [-0.2, 0) is 16.1 Å². The van der Waals surface area contributed by atoms with Crippen LogP contribution >= 0.6 is 11.3 Å². The molecule has 2 aromatic heterocycles. The van der Waals surface area contributed by atoms with Crippen molar-refractivity contribution < 1.29 is 9.63 Å². The highest BCUT2D eigenvalue weighted by molar-refractivity contribution is 7.15. The van der Waals surface area contributed by atoms with Gasteiger partial charge in [-0.1, -0.05) is 0 Å². The van der Waals surface area contributed by atoms with E-state index in [1.807, 2.05) is 22.2 Å². The fraction of sp³-hybridized carbons (Fsp3) is 0.250. The number of carbonyl (C=O) groups excluding carboxylic acids is 1. The molecule has 0 radical (unpaired) electrons. The van der Waals surface area contributed by atoms with E-state index in [1.54, 1.807) is 0 Å². The monoisotopic (exact) mass is 211 g/mol. The Balaban J connectivity index is 2.11. The largest absolute Gasteiger partial charge is 0.297 e. The van der Waals surface area contributed by atoms with Crippen LogP contribution in [0, 0.1) is 0 Å². The van der Waals surface area contributed by atoms with Crippen molar-refractivity contribution >= 4 is 22.2 Å². The molecular formula is C8H9N3O2S. The topological polar surface area (TPSA) is 55.6 Å². The summed E-state index contributed by atoms with van der Waals surface area (Å²) >= 11 is 1.54. The van der Waals surface area contributed by atoms with Crippen LogP contribution in [0.5, 0.6) is 0 Å². The van der Waals surface area contributed by atoms with Crippen LogP contribution in [0.1, 0.15) is 5.69 Å². The molecule has 6 heteroatoms. The second kappa shape index (κ2) is 3.77. The van der Waals surface area contributed by atoms with Gasteiger partial charge >= 0.3 is 0 Å². The zero-order valence-corrected chi connectivity index (χ0v) is 8.37. The number of amides is 1. The van der Waals surface area contributed by atoms with Crippen LogP contribution in [0.4, 0.5) is 0 Å². The summed E-state index contributed by atoms with van der Waals surface area (Å²) in [6.07, 6.45) is 3.98. The van der Waals surface area contributed by atoms with E-state index in [0.29, 0.717) is 0 Å². The van der Waals surface area contributed by atoms with Crippen molar-refractivity contribution in [3.05, 3.63) is 23.5 Å². The highest BCUT2D eigenvalue weighted by Gasteiger charge is 2.07. The zero-order valence-electron chi connectivity index (χ0n) is 7.56. The first kappa shape index (κ1) is 9.17. The Morgan fingerprint density at radius 2 is 2.64 bits per heavy atom. The van der Waals surface area contributed by atoms with Crippen molar-refractivity contribution in [2.45, 2.75) is 6.42 Å². The number of thiazole rings is 1. The number of aromatic nitrogens is 2. The Bertz CT molecular complexity index is 420. The molecule has 1 amide bonds. The molecule has 0 saturated heterocycles. The average molecular weight is 211 g/mol. The molecule has 0 aromatic carbocycles. The molecule has 0 spiro atoms. The van der Waals surface area contributed by atoms with Crippen molar-refractivity contribution in [2.24, 2.45) is 0 Å². The van der Waals surface area contributed by atoms with Crippen molar-refractivity contribution in [3.8, 4) is 0 Å². The predicted octanol–water partition coefficient (Wildman–Crippen LogP) is 0.616. The summed E-state index contributed by atoms with van der Waals surface area (Å²) in [5.41, 5.74) is 2.99. The quantitative estimate of drug-likeness (QED) is 0.757. The third kappa shape index (κ3) is 1.75. The van der Waals surface area contributed by atoms with E-state index in [1.165, 1.54) is 18.4 Å². The molecule has 74 valence electrons. The Hall–Kier alpha value is -1.40. The Labute approximate surface area is 84.3 Å². The lowest BCUT2D eigenvalue weighted by atomic mass is 10.3. The number of nitrogens with zero attached hydrogens (tertiary/aromatic N) is 2. The Kier molecular flexibility index (Phi) is 2.47. The van der Waals surface area contributed by atoms with Gasteiger partial charge in [0.05, 0.1) is 19.2 Å². The van der Waals surface area contributed by atoms with Crippen LogP contribution in [-0.4, -0.2) is 22.4 Å². The number of carbonyl (C=O) groups is 1. The molecule has 0 atom stereocenters. The predicted molar refractivity (Wildman–Crippen MR) is 51.9 cm³/mol. The highest BCUT2D eigenvalue weighted by Crippen LogP contribution is 2.11. The molecular weight excluding hydrogens is 202 g/mol. The first-order valence-corrected chi connectivity index (χ1v) is 4.90. The van der Waals surface area contributed by atoms with Gasteiger partial charge in [-0.3, -0.25) is 14.0 Å². The molecule has 1 N–H and O–H groups in total. The molecule has 5 nitrogen and oxygen atoms in total. The van der Waals surface area contributed by atoms with Gasteiger partial charge in [0.25, 0.3) is 0 Å². The first-order chi connectivity index (χ1) is 6.79. The van der Waals surface area contributed by atoms with Crippen molar-refractivity contribution in [2.75, 3.05) is 7.11 Å². The summed E-state index contributed by atoms with van der Waals surface area (Å²) < 4.78 is 1.89. The van der Waals surface area contributed by atoms with Gasteiger partial charge in [0, 0.05) is 17.8 Å². The molecule has 14 heavy (non-hydrogen) atoms. The average Bonchev–Trinajstić information content (AvgIpc) is 2.63. The molecule has 2 heterocycles. The van der Waals surface area contributed by atoms with Crippen molar-refractivity contribution in [1.82, 2.24) is 14.9 Å². The number of rotatable bonds is 3. The fourth-order valence-corrected chi connectivity index (χ4v) is 1.89. The van der Waals surface area contributed by atoms with Gasteiger partial charge in [0.1, 0.15) is 0 Å². The third-order valence-electron chi connectivity index (χ3n) is 1.70. The van der Waals surface area contributed by atoms with Crippen LogP contribution in [0.15, 0.2) is 17.8 Å². The van der Waals surface area contributed by atoms with E-state index in [4.69, 9.17) is 0 Å². The summed E-state index contributed by atoms with van der Waals surface area (Å²) in [6.45, 7) is 0. The number of fused-ring (bicyclic) bond motifs is 1. The van der Waals surface area contributed by atoms with E-state index in [-0.39, 0.29) is 12.3 Å². The molecule has 0 aliphatic heterocycles. The Morgan fingerprint density at radius 3 is 3.36 bits per heavy atom. The molecule has 2 aromatic rings. The molecule has 0 fully saturated rings. The van der Waals surface area contributed by atoms with Crippen molar-refractivity contribution in [1.29, 1.82) is 0 Å². The second-order valence-corrected chi connectivity index (χ2v) is 3.60. The van der Waals surface area contributed by atoms with Crippen LogP contribution in [0.2, 0.25) is 0 Å².